The molecule has 0 spiro atoms. The number of allylic oxidation sites excluding steroid dienone is 3. The topological polar surface area (TPSA) is 26.3 Å². The van der Waals surface area contributed by atoms with Crippen molar-refractivity contribution in [2.75, 3.05) is 0 Å². The van der Waals surface area contributed by atoms with Crippen LogP contribution in [0.5, 0.6) is 0 Å². The van der Waals surface area contributed by atoms with E-state index in [2.05, 4.69) is 31.2 Å². The van der Waals surface area contributed by atoms with Gasteiger partial charge in [-0.05, 0) is 67.9 Å². The quantitative estimate of drug-likeness (QED) is 0.537. The molecule has 25 heavy (non-hydrogen) atoms. The molecule has 2 aliphatic carbocycles. The molecule has 4 rings (SSSR count). The number of carbonyl (C=O) groups excluding carboxylic acids is 1. The minimum absolute atomic E-state index is 0.301. The minimum Gasteiger partial charge on any atom is -0.422 e. The molecule has 2 unspecified atom stereocenters. The zero-order valence-corrected chi connectivity index (χ0v) is 14.9. The van der Waals surface area contributed by atoms with Crippen molar-refractivity contribution in [3.05, 3.63) is 88.2 Å². The fourth-order valence-corrected chi connectivity index (χ4v) is 3.64. The van der Waals surface area contributed by atoms with Gasteiger partial charge in [0.25, 0.3) is 0 Å². The van der Waals surface area contributed by atoms with Crippen LogP contribution in [0.4, 0.5) is 0 Å². The third-order valence-electron chi connectivity index (χ3n) is 5.02. The smallest absolute Gasteiger partial charge is 0.343 e. The highest BCUT2D eigenvalue weighted by Crippen LogP contribution is 2.56. The van der Waals surface area contributed by atoms with Crippen LogP contribution in [-0.4, -0.2) is 5.97 Å². The average Bonchev–Trinajstić information content (AvgIpc) is 3.39. The molecule has 2 aliphatic rings. The van der Waals surface area contributed by atoms with Crippen molar-refractivity contribution in [2.24, 2.45) is 5.92 Å². The summed E-state index contributed by atoms with van der Waals surface area (Å²) in [5.41, 5.74) is 6.50. The molecule has 2 aromatic rings. The Labute approximate surface area is 148 Å². The Kier molecular flexibility index (Phi) is 3.84. The minimum atomic E-state index is -0.301. The first-order chi connectivity index (χ1) is 12.0. The van der Waals surface area contributed by atoms with E-state index in [1.54, 1.807) is 12.1 Å². The lowest BCUT2D eigenvalue weighted by molar-refractivity contribution is 0.0637. The number of benzene rings is 2. The number of aryl methyl sites for hydroxylation is 1. The number of rotatable bonds is 3. The van der Waals surface area contributed by atoms with E-state index in [0.29, 0.717) is 23.2 Å². The van der Waals surface area contributed by atoms with E-state index in [0.717, 1.165) is 11.1 Å². The first kappa shape index (κ1) is 15.9. The molecule has 1 saturated carbocycles. The van der Waals surface area contributed by atoms with Gasteiger partial charge in [0.05, 0.1) is 5.56 Å². The van der Waals surface area contributed by atoms with Gasteiger partial charge in [0.1, 0.15) is 5.76 Å². The van der Waals surface area contributed by atoms with Crippen LogP contribution in [0.25, 0.3) is 5.57 Å². The summed E-state index contributed by atoms with van der Waals surface area (Å²) >= 11 is 0. The van der Waals surface area contributed by atoms with Gasteiger partial charge < -0.3 is 4.74 Å². The van der Waals surface area contributed by atoms with Crippen molar-refractivity contribution in [3.63, 3.8) is 0 Å². The summed E-state index contributed by atoms with van der Waals surface area (Å²) < 4.78 is 5.87. The highest BCUT2D eigenvalue weighted by molar-refractivity contribution is 5.93. The molecule has 0 aliphatic heterocycles. The fourth-order valence-electron chi connectivity index (χ4n) is 3.64. The van der Waals surface area contributed by atoms with E-state index >= 15 is 0 Å². The van der Waals surface area contributed by atoms with Gasteiger partial charge in [0, 0.05) is 5.57 Å². The van der Waals surface area contributed by atoms with Crippen LogP contribution in [-0.2, 0) is 4.74 Å². The van der Waals surface area contributed by atoms with Crippen LogP contribution < -0.4 is 0 Å². The Morgan fingerprint density at radius 2 is 1.84 bits per heavy atom. The van der Waals surface area contributed by atoms with E-state index in [9.17, 15) is 4.79 Å². The zero-order valence-electron chi connectivity index (χ0n) is 14.9. The van der Waals surface area contributed by atoms with Crippen LogP contribution in [0, 0.1) is 12.8 Å². The van der Waals surface area contributed by atoms with Gasteiger partial charge in [0.2, 0.25) is 0 Å². The predicted octanol–water partition coefficient (Wildman–Crippen LogP) is 5.65. The summed E-state index contributed by atoms with van der Waals surface area (Å²) in [6.45, 7) is 6.11. The number of esters is 1. The Morgan fingerprint density at radius 3 is 2.56 bits per heavy atom. The number of ether oxygens (including phenoxy) is 1. The average molecular weight is 330 g/mol. The Bertz CT molecular complexity index is 899. The fraction of sp³-hybridized carbons (Fsp3) is 0.261. The first-order valence-electron chi connectivity index (χ1n) is 8.82. The monoisotopic (exact) mass is 330 g/mol. The van der Waals surface area contributed by atoms with Crippen molar-refractivity contribution in [2.45, 2.75) is 33.1 Å². The maximum Gasteiger partial charge on any atom is 0.343 e. The van der Waals surface area contributed by atoms with Gasteiger partial charge in [-0.2, -0.15) is 0 Å². The second-order valence-electron chi connectivity index (χ2n) is 7.26. The molecule has 2 aromatic carbocycles. The lowest BCUT2D eigenvalue weighted by Crippen LogP contribution is -2.10. The van der Waals surface area contributed by atoms with Gasteiger partial charge >= 0.3 is 5.97 Å². The highest BCUT2D eigenvalue weighted by atomic mass is 16.5. The van der Waals surface area contributed by atoms with Crippen LogP contribution in [0.2, 0.25) is 0 Å². The zero-order chi connectivity index (χ0) is 17.6. The van der Waals surface area contributed by atoms with E-state index < -0.39 is 0 Å². The van der Waals surface area contributed by atoms with Crippen LogP contribution in [0.1, 0.15) is 53.2 Å². The summed E-state index contributed by atoms with van der Waals surface area (Å²) in [6.07, 6.45) is 3.50. The molecule has 2 heteroatoms. The van der Waals surface area contributed by atoms with Gasteiger partial charge in [-0.15, -0.1) is 0 Å². The molecule has 126 valence electrons. The lowest BCUT2D eigenvalue weighted by Gasteiger charge is -2.21. The van der Waals surface area contributed by atoms with Crippen molar-refractivity contribution in [1.82, 2.24) is 0 Å². The van der Waals surface area contributed by atoms with Gasteiger partial charge in [0.15, 0.2) is 0 Å². The summed E-state index contributed by atoms with van der Waals surface area (Å²) in [4.78, 5) is 12.6. The Morgan fingerprint density at radius 1 is 1.08 bits per heavy atom. The molecule has 0 N–H and O–H groups in total. The van der Waals surface area contributed by atoms with Crippen LogP contribution in [0.15, 0.2) is 65.9 Å². The molecule has 0 amide bonds. The Balaban J connectivity index is 1.73. The van der Waals surface area contributed by atoms with Crippen molar-refractivity contribution in [3.8, 4) is 0 Å². The second-order valence-corrected chi connectivity index (χ2v) is 7.26. The lowest BCUT2D eigenvalue weighted by atomic mass is 9.87. The SMILES string of the molecule is CC(C)=C(OC(=O)c1ccccc1)C1=CC2CC2c2ccc(C)cc21. The summed E-state index contributed by atoms with van der Waals surface area (Å²) in [5, 5.41) is 0. The largest absolute Gasteiger partial charge is 0.422 e. The summed E-state index contributed by atoms with van der Waals surface area (Å²) in [5.74, 6) is 1.62. The summed E-state index contributed by atoms with van der Waals surface area (Å²) in [6, 6.07) is 15.8. The molecular formula is C23H22O2. The number of carbonyl (C=O) groups is 1. The molecule has 0 bridgehead atoms. The molecule has 0 saturated heterocycles. The maximum atomic E-state index is 12.6. The highest BCUT2D eigenvalue weighted by Gasteiger charge is 2.42. The van der Waals surface area contributed by atoms with E-state index in [1.807, 2.05) is 32.0 Å². The van der Waals surface area contributed by atoms with Crippen LogP contribution in [0.3, 0.4) is 0 Å². The van der Waals surface area contributed by atoms with Gasteiger partial charge in [-0.25, -0.2) is 4.79 Å². The number of hydrogen-bond donors (Lipinski definition) is 0. The summed E-state index contributed by atoms with van der Waals surface area (Å²) in [7, 11) is 0. The predicted molar refractivity (Wildman–Crippen MR) is 100 cm³/mol. The number of fused-ring (bicyclic) bond motifs is 3. The van der Waals surface area contributed by atoms with E-state index in [4.69, 9.17) is 4.74 Å². The van der Waals surface area contributed by atoms with Crippen LogP contribution >= 0.6 is 0 Å². The molecule has 1 fully saturated rings. The molecule has 0 radical (unpaired) electrons. The second kappa shape index (κ2) is 6.03. The van der Waals surface area contributed by atoms with Crippen molar-refractivity contribution < 1.29 is 9.53 Å². The number of hydrogen-bond acceptors (Lipinski definition) is 2. The molecule has 2 atom stereocenters. The normalized spacial score (nSPS) is 20.0. The first-order valence-corrected chi connectivity index (χ1v) is 8.82. The van der Waals surface area contributed by atoms with E-state index in [-0.39, 0.29) is 5.97 Å². The van der Waals surface area contributed by atoms with Gasteiger partial charge in [-0.1, -0.05) is 48.0 Å². The van der Waals surface area contributed by atoms with Gasteiger partial charge in [-0.3, -0.25) is 0 Å². The maximum absolute atomic E-state index is 12.6. The Hall–Kier alpha value is -2.61. The van der Waals surface area contributed by atoms with E-state index in [1.165, 1.54) is 23.1 Å². The third kappa shape index (κ3) is 2.93. The molecule has 0 aromatic heterocycles. The van der Waals surface area contributed by atoms with Crippen molar-refractivity contribution in [1.29, 1.82) is 0 Å². The molecule has 0 heterocycles. The molecule has 2 nitrogen and oxygen atoms in total. The van der Waals surface area contributed by atoms with Crippen molar-refractivity contribution >= 4 is 11.5 Å². The third-order valence-corrected chi connectivity index (χ3v) is 5.02. The molecular weight excluding hydrogens is 308 g/mol. The standard InChI is InChI=1S/C23H22O2/c1-14(2)22(25-23(24)16-7-5-4-6-8-16)21-13-17-12-19(17)18-10-9-15(3)11-20(18)21/h4-11,13,17,19H,12H2,1-3H3.